The molecule has 2 nitrogen and oxygen atoms in total. The number of ether oxygens (including phenoxy) is 1. The highest BCUT2D eigenvalue weighted by atomic mass is 16.5. The zero-order chi connectivity index (χ0) is 12.3. The summed E-state index contributed by atoms with van der Waals surface area (Å²) in [6.45, 7) is 8.27. The molecule has 2 unspecified atom stereocenters. The first-order chi connectivity index (χ1) is 8.31. The molecule has 0 aromatic heterocycles. The highest BCUT2D eigenvalue weighted by molar-refractivity contribution is 5.48. The van der Waals surface area contributed by atoms with Crippen LogP contribution >= 0.6 is 0 Å². The lowest BCUT2D eigenvalue weighted by Crippen LogP contribution is -2.42. The van der Waals surface area contributed by atoms with Gasteiger partial charge >= 0.3 is 0 Å². The molecule has 2 aliphatic rings. The zero-order valence-corrected chi connectivity index (χ0v) is 11.1. The van der Waals surface area contributed by atoms with Gasteiger partial charge in [0.05, 0.1) is 12.2 Å². The van der Waals surface area contributed by atoms with Gasteiger partial charge in [-0.25, -0.2) is 0 Å². The number of rotatable bonds is 1. The summed E-state index contributed by atoms with van der Waals surface area (Å²) in [4.78, 5) is 2.46. The predicted molar refractivity (Wildman–Crippen MR) is 72.6 cm³/mol. The van der Waals surface area contributed by atoms with Gasteiger partial charge < -0.3 is 9.64 Å². The van der Waals surface area contributed by atoms with Crippen molar-refractivity contribution in [3.05, 3.63) is 29.8 Å². The Hall–Kier alpha value is -1.02. The van der Waals surface area contributed by atoms with Gasteiger partial charge in [0.1, 0.15) is 0 Å². The summed E-state index contributed by atoms with van der Waals surface area (Å²) in [6.07, 6.45) is 3.44. The molecule has 17 heavy (non-hydrogen) atoms. The SMILES string of the molecule is CC.Cc1ccc(N2CC3CCC(C2)O3)cc1. The number of hydrogen-bond acceptors (Lipinski definition) is 2. The lowest BCUT2D eigenvalue weighted by atomic mass is 10.2. The van der Waals surface area contributed by atoms with E-state index < -0.39 is 0 Å². The number of fused-ring (bicyclic) bond motifs is 2. The van der Waals surface area contributed by atoms with Crippen LogP contribution in [0.3, 0.4) is 0 Å². The third-order valence-corrected chi connectivity index (χ3v) is 3.44. The number of morpholine rings is 1. The average molecular weight is 233 g/mol. The highest BCUT2D eigenvalue weighted by Crippen LogP contribution is 2.29. The molecule has 2 atom stereocenters. The largest absolute Gasteiger partial charge is 0.371 e. The van der Waals surface area contributed by atoms with Gasteiger partial charge in [0.25, 0.3) is 0 Å². The van der Waals surface area contributed by atoms with Crippen LogP contribution in [0.5, 0.6) is 0 Å². The van der Waals surface area contributed by atoms with Crippen molar-refractivity contribution >= 4 is 5.69 Å². The Labute approximate surface area is 105 Å². The average Bonchev–Trinajstić information content (AvgIpc) is 2.72. The molecule has 2 heterocycles. The molecule has 2 aliphatic heterocycles. The Morgan fingerprint density at radius 2 is 1.53 bits per heavy atom. The second-order valence-corrected chi connectivity index (χ2v) is 4.70. The van der Waals surface area contributed by atoms with E-state index in [1.54, 1.807) is 0 Å². The first-order valence-electron chi connectivity index (χ1n) is 6.78. The van der Waals surface area contributed by atoms with E-state index in [0.29, 0.717) is 12.2 Å². The molecule has 2 fully saturated rings. The van der Waals surface area contributed by atoms with Crippen molar-refractivity contribution < 1.29 is 4.74 Å². The van der Waals surface area contributed by atoms with Crippen molar-refractivity contribution in [3.63, 3.8) is 0 Å². The molecule has 2 heteroatoms. The van der Waals surface area contributed by atoms with Gasteiger partial charge in [0, 0.05) is 18.8 Å². The quantitative estimate of drug-likeness (QED) is 0.737. The summed E-state index contributed by atoms with van der Waals surface area (Å²) in [5, 5.41) is 0. The Morgan fingerprint density at radius 1 is 1.00 bits per heavy atom. The lowest BCUT2D eigenvalue weighted by Gasteiger charge is -2.33. The number of hydrogen-bond donors (Lipinski definition) is 0. The summed E-state index contributed by atoms with van der Waals surface area (Å²) in [5.74, 6) is 0. The zero-order valence-electron chi connectivity index (χ0n) is 11.1. The maximum absolute atomic E-state index is 5.83. The number of benzene rings is 1. The van der Waals surface area contributed by atoms with Gasteiger partial charge in [0.2, 0.25) is 0 Å². The maximum atomic E-state index is 5.83. The maximum Gasteiger partial charge on any atom is 0.0755 e. The van der Waals surface area contributed by atoms with Gasteiger partial charge in [-0.3, -0.25) is 0 Å². The van der Waals surface area contributed by atoms with E-state index in [1.165, 1.54) is 24.1 Å². The molecule has 0 radical (unpaired) electrons. The van der Waals surface area contributed by atoms with Crippen molar-refractivity contribution in [1.82, 2.24) is 0 Å². The predicted octanol–water partition coefficient (Wildman–Crippen LogP) is 3.39. The van der Waals surface area contributed by atoms with Crippen LogP contribution in [-0.2, 0) is 4.74 Å². The third-order valence-electron chi connectivity index (χ3n) is 3.44. The number of aryl methyl sites for hydroxylation is 1. The number of anilines is 1. The highest BCUT2D eigenvalue weighted by Gasteiger charge is 2.33. The van der Waals surface area contributed by atoms with E-state index >= 15 is 0 Å². The Balaban J connectivity index is 0.000000514. The van der Waals surface area contributed by atoms with E-state index in [-0.39, 0.29) is 0 Å². The molecule has 0 aliphatic carbocycles. The van der Waals surface area contributed by atoms with Crippen molar-refractivity contribution in [3.8, 4) is 0 Å². The molecule has 0 saturated carbocycles. The first-order valence-corrected chi connectivity index (χ1v) is 6.78. The smallest absolute Gasteiger partial charge is 0.0755 e. The Morgan fingerprint density at radius 3 is 2.06 bits per heavy atom. The summed E-state index contributed by atoms with van der Waals surface area (Å²) >= 11 is 0. The molecule has 94 valence electrons. The monoisotopic (exact) mass is 233 g/mol. The molecule has 0 amide bonds. The molecule has 0 N–H and O–H groups in total. The van der Waals surface area contributed by atoms with Crippen molar-refractivity contribution in [2.45, 2.75) is 45.8 Å². The summed E-state index contributed by atoms with van der Waals surface area (Å²) in [6, 6.07) is 8.82. The van der Waals surface area contributed by atoms with E-state index in [1.807, 2.05) is 13.8 Å². The fourth-order valence-corrected chi connectivity index (χ4v) is 2.58. The summed E-state index contributed by atoms with van der Waals surface area (Å²) in [7, 11) is 0. The van der Waals surface area contributed by atoms with Crippen LogP contribution in [0, 0.1) is 6.92 Å². The normalized spacial score (nSPS) is 26.4. The fraction of sp³-hybridized carbons (Fsp3) is 0.600. The van der Waals surface area contributed by atoms with E-state index in [2.05, 4.69) is 36.1 Å². The minimum Gasteiger partial charge on any atom is -0.371 e. The van der Waals surface area contributed by atoms with Crippen molar-refractivity contribution in [2.75, 3.05) is 18.0 Å². The number of nitrogens with zero attached hydrogens (tertiary/aromatic N) is 1. The molecular weight excluding hydrogens is 210 g/mol. The van der Waals surface area contributed by atoms with E-state index in [4.69, 9.17) is 4.74 Å². The molecule has 1 aromatic rings. The van der Waals surface area contributed by atoms with Gasteiger partial charge in [-0.2, -0.15) is 0 Å². The third kappa shape index (κ3) is 2.81. The minimum absolute atomic E-state index is 0.477. The Bertz CT molecular complexity index is 334. The van der Waals surface area contributed by atoms with E-state index in [0.717, 1.165) is 13.1 Å². The van der Waals surface area contributed by atoms with Gasteiger partial charge in [-0.05, 0) is 31.9 Å². The second-order valence-electron chi connectivity index (χ2n) is 4.70. The van der Waals surface area contributed by atoms with Crippen LogP contribution in [-0.4, -0.2) is 25.3 Å². The van der Waals surface area contributed by atoms with Crippen LogP contribution in [0.4, 0.5) is 5.69 Å². The van der Waals surface area contributed by atoms with E-state index in [9.17, 15) is 0 Å². The summed E-state index contributed by atoms with van der Waals surface area (Å²) in [5.41, 5.74) is 2.68. The topological polar surface area (TPSA) is 12.5 Å². The lowest BCUT2D eigenvalue weighted by molar-refractivity contribution is 0.0305. The standard InChI is InChI=1S/C13H17NO.C2H6/c1-10-2-4-11(5-3-10)14-8-12-6-7-13(9-14)15-12;1-2/h2-5,12-13H,6-9H2,1H3;1-2H3. The van der Waals surface area contributed by atoms with Crippen LogP contribution < -0.4 is 4.90 Å². The van der Waals surface area contributed by atoms with Crippen molar-refractivity contribution in [1.29, 1.82) is 0 Å². The van der Waals surface area contributed by atoms with Crippen LogP contribution in [0.15, 0.2) is 24.3 Å². The Kier molecular flexibility index (Phi) is 4.06. The van der Waals surface area contributed by atoms with Gasteiger partial charge in [0.15, 0.2) is 0 Å². The molecule has 2 bridgehead atoms. The van der Waals surface area contributed by atoms with Gasteiger partial charge in [-0.15, -0.1) is 0 Å². The molecular formula is C15H23NO. The van der Waals surface area contributed by atoms with Crippen molar-refractivity contribution in [2.24, 2.45) is 0 Å². The molecule has 2 saturated heterocycles. The van der Waals surface area contributed by atoms with Crippen LogP contribution in [0.1, 0.15) is 32.3 Å². The first kappa shape index (κ1) is 12.4. The minimum atomic E-state index is 0.477. The molecule has 1 aromatic carbocycles. The molecule has 3 rings (SSSR count). The van der Waals surface area contributed by atoms with Gasteiger partial charge in [-0.1, -0.05) is 31.5 Å². The van der Waals surface area contributed by atoms with Crippen LogP contribution in [0.2, 0.25) is 0 Å². The van der Waals surface area contributed by atoms with Crippen LogP contribution in [0.25, 0.3) is 0 Å². The molecule has 0 spiro atoms. The summed E-state index contributed by atoms with van der Waals surface area (Å²) < 4.78 is 5.83. The second kappa shape index (κ2) is 5.54. The fourth-order valence-electron chi connectivity index (χ4n) is 2.58.